The quantitative estimate of drug-likeness (QED) is 0.694. The van der Waals surface area contributed by atoms with Crippen LogP contribution in [0.2, 0.25) is 0 Å². The molecule has 0 radical (unpaired) electrons. The topological polar surface area (TPSA) is 92.8 Å². The van der Waals surface area contributed by atoms with Gasteiger partial charge in [0.1, 0.15) is 22.6 Å². The number of ether oxygens (including phenoxy) is 1. The lowest BCUT2D eigenvalue weighted by molar-refractivity contribution is -0.133. The molecule has 2 amide bonds. The summed E-state index contributed by atoms with van der Waals surface area (Å²) in [6.07, 6.45) is 0.965. The number of benzene rings is 1. The second-order valence-electron chi connectivity index (χ2n) is 6.60. The highest BCUT2D eigenvalue weighted by atomic mass is 32.2. The third-order valence-electron chi connectivity index (χ3n) is 4.58. The molecule has 0 aromatic heterocycles. The largest absolute Gasteiger partial charge is 0.377 e. The standard InChI is InChI=1S/C18H24F2N2O5S/c1-3-22(10-16(23)21-17-14(19)7-4-8-15(17)20)18(24)12(2)28(25,26)11-13-6-5-9-27-13/h4,7-8,12-13H,3,5-6,9-11H2,1-2H3,(H,21,23)/t12-,13+/m1/s1. The highest BCUT2D eigenvalue weighted by molar-refractivity contribution is 7.92. The van der Waals surface area contributed by atoms with Gasteiger partial charge in [-0.2, -0.15) is 0 Å². The van der Waals surface area contributed by atoms with E-state index in [1.54, 1.807) is 6.92 Å². The third-order valence-corrected chi connectivity index (χ3v) is 6.70. The Balaban J connectivity index is 2.02. The fraction of sp³-hybridized carbons (Fsp3) is 0.556. The van der Waals surface area contributed by atoms with Crippen LogP contribution in [0.15, 0.2) is 18.2 Å². The highest BCUT2D eigenvalue weighted by Gasteiger charge is 2.35. The van der Waals surface area contributed by atoms with E-state index in [-0.39, 0.29) is 12.3 Å². The summed E-state index contributed by atoms with van der Waals surface area (Å²) >= 11 is 0. The molecule has 1 aliphatic heterocycles. The lowest BCUT2D eigenvalue weighted by Gasteiger charge is -2.24. The Labute approximate surface area is 163 Å². The normalized spacial score (nSPS) is 17.9. The Morgan fingerprint density at radius 2 is 1.96 bits per heavy atom. The maximum absolute atomic E-state index is 13.6. The van der Waals surface area contributed by atoms with E-state index >= 15 is 0 Å². The molecule has 2 atom stereocenters. The smallest absolute Gasteiger partial charge is 0.244 e. The number of sulfone groups is 1. The average Bonchev–Trinajstić information content (AvgIpc) is 3.14. The minimum atomic E-state index is -3.77. The second kappa shape index (κ2) is 9.42. The first-order valence-electron chi connectivity index (χ1n) is 9.01. The summed E-state index contributed by atoms with van der Waals surface area (Å²) in [6.45, 7) is 2.88. The van der Waals surface area contributed by atoms with Crippen molar-refractivity contribution in [2.24, 2.45) is 0 Å². The van der Waals surface area contributed by atoms with Gasteiger partial charge in [-0.1, -0.05) is 6.07 Å². The van der Waals surface area contributed by atoms with Crippen molar-refractivity contribution in [2.75, 3.05) is 30.8 Å². The van der Waals surface area contributed by atoms with Crippen LogP contribution in [0.25, 0.3) is 0 Å². The molecule has 0 spiro atoms. The van der Waals surface area contributed by atoms with Crippen LogP contribution in [0, 0.1) is 11.6 Å². The van der Waals surface area contributed by atoms with Gasteiger partial charge in [-0.25, -0.2) is 17.2 Å². The molecule has 0 bridgehead atoms. The fourth-order valence-electron chi connectivity index (χ4n) is 2.91. The summed E-state index contributed by atoms with van der Waals surface area (Å²) in [4.78, 5) is 25.8. The van der Waals surface area contributed by atoms with Crippen molar-refractivity contribution in [1.82, 2.24) is 4.90 Å². The predicted octanol–water partition coefficient (Wildman–Crippen LogP) is 1.73. The van der Waals surface area contributed by atoms with Gasteiger partial charge in [-0.3, -0.25) is 9.59 Å². The maximum atomic E-state index is 13.6. The summed E-state index contributed by atoms with van der Waals surface area (Å²) in [7, 11) is -3.77. The van der Waals surface area contributed by atoms with E-state index in [1.165, 1.54) is 6.92 Å². The van der Waals surface area contributed by atoms with E-state index in [0.717, 1.165) is 29.5 Å². The molecule has 1 heterocycles. The van der Waals surface area contributed by atoms with Gasteiger partial charge in [-0.15, -0.1) is 0 Å². The van der Waals surface area contributed by atoms with Crippen molar-refractivity contribution in [3.63, 3.8) is 0 Å². The highest BCUT2D eigenvalue weighted by Crippen LogP contribution is 2.19. The van der Waals surface area contributed by atoms with Crippen molar-refractivity contribution in [3.05, 3.63) is 29.8 Å². The van der Waals surface area contributed by atoms with Gasteiger partial charge in [0.05, 0.1) is 18.4 Å². The molecule has 2 rings (SSSR count). The number of carbonyl (C=O) groups is 2. The average molecular weight is 418 g/mol. The van der Waals surface area contributed by atoms with Gasteiger partial charge < -0.3 is 15.0 Å². The second-order valence-corrected chi connectivity index (χ2v) is 8.97. The first-order chi connectivity index (χ1) is 13.2. The van der Waals surface area contributed by atoms with E-state index in [4.69, 9.17) is 4.74 Å². The van der Waals surface area contributed by atoms with Gasteiger partial charge in [0, 0.05) is 13.2 Å². The Kier molecular flexibility index (Phi) is 7.48. The number of hydrogen-bond acceptors (Lipinski definition) is 5. The van der Waals surface area contributed by atoms with E-state index < -0.39 is 56.9 Å². The Morgan fingerprint density at radius 1 is 1.32 bits per heavy atom. The summed E-state index contributed by atoms with van der Waals surface area (Å²) < 4.78 is 57.6. The Morgan fingerprint density at radius 3 is 2.50 bits per heavy atom. The molecule has 10 heteroatoms. The number of para-hydroxylation sites is 1. The summed E-state index contributed by atoms with van der Waals surface area (Å²) in [5, 5.41) is 0.730. The van der Waals surface area contributed by atoms with Crippen LogP contribution in [0.5, 0.6) is 0 Å². The molecule has 1 aliphatic rings. The number of rotatable bonds is 8. The van der Waals surface area contributed by atoms with Crippen LogP contribution in [0.3, 0.4) is 0 Å². The van der Waals surface area contributed by atoms with Gasteiger partial charge >= 0.3 is 0 Å². The molecular formula is C18H24F2N2O5S. The molecule has 1 aromatic rings. The van der Waals surface area contributed by atoms with E-state index in [0.29, 0.717) is 13.0 Å². The zero-order valence-corrected chi connectivity index (χ0v) is 16.6. The van der Waals surface area contributed by atoms with Crippen LogP contribution in [0.4, 0.5) is 14.5 Å². The Hall–Kier alpha value is -2.07. The lowest BCUT2D eigenvalue weighted by atomic mass is 10.3. The summed E-state index contributed by atoms with van der Waals surface area (Å²) in [5.74, 6) is -3.73. The van der Waals surface area contributed by atoms with Crippen molar-refractivity contribution in [3.8, 4) is 0 Å². The SMILES string of the molecule is CCN(CC(=O)Nc1c(F)cccc1F)C(=O)[C@@H](C)S(=O)(=O)C[C@@H]1CCCO1. The van der Waals surface area contributed by atoms with Gasteiger partial charge in [0.25, 0.3) is 0 Å². The first kappa shape index (κ1) is 22.2. The Bertz CT molecular complexity index is 805. The third kappa shape index (κ3) is 5.48. The summed E-state index contributed by atoms with van der Waals surface area (Å²) in [6, 6.07) is 3.13. The van der Waals surface area contributed by atoms with Crippen molar-refractivity contribution in [2.45, 2.75) is 38.0 Å². The van der Waals surface area contributed by atoms with E-state index in [1.807, 2.05) is 0 Å². The molecular weight excluding hydrogens is 394 g/mol. The van der Waals surface area contributed by atoms with Crippen LogP contribution >= 0.6 is 0 Å². The molecule has 1 aromatic carbocycles. The molecule has 1 N–H and O–H groups in total. The maximum Gasteiger partial charge on any atom is 0.244 e. The van der Waals surface area contributed by atoms with Crippen LogP contribution in [-0.4, -0.2) is 61.9 Å². The van der Waals surface area contributed by atoms with Crippen molar-refractivity contribution in [1.29, 1.82) is 0 Å². The minimum absolute atomic E-state index is 0.0613. The lowest BCUT2D eigenvalue weighted by Crippen LogP contribution is -2.46. The zero-order chi connectivity index (χ0) is 20.9. The molecule has 0 saturated carbocycles. The first-order valence-corrected chi connectivity index (χ1v) is 10.7. The molecule has 0 unspecified atom stereocenters. The number of nitrogens with zero attached hydrogens (tertiary/aromatic N) is 1. The van der Waals surface area contributed by atoms with Crippen molar-refractivity contribution >= 4 is 27.3 Å². The van der Waals surface area contributed by atoms with E-state index in [9.17, 15) is 26.8 Å². The predicted molar refractivity (Wildman–Crippen MR) is 99.5 cm³/mol. The number of nitrogens with one attached hydrogen (secondary N) is 1. The van der Waals surface area contributed by atoms with Gasteiger partial charge in [0.2, 0.25) is 11.8 Å². The summed E-state index contributed by atoms with van der Waals surface area (Å²) in [5.41, 5.74) is -0.616. The van der Waals surface area contributed by atoms with Crippen LogP contribution in [-0.2, 0) is 24.2 Å². The van der Waals surface area contributed by atoms with E-state index in [2.05, 4.69) is 5.32 Å². The minimum Gasteiger partial charge on any atom is -0.377 e. The number of amides is 2. The molecule has 0 aliphatic carbocycles. The van der Waals surface area contributed by atoms with Gasteiger partial charge in [-0.05, 0) is 38.8 Å². The molecule has 28 heavy (non-hydrogen) atoms. The fourth-order valence-corrected chi connectivity index (χ4v) is 4.43. The molecule has 1 saturated heterocycles. The molecule has 7 nitrogen and oxygen atoms in total. The number of likely N-dealkylation sites (N-methyl/N-ethyl adjacent to an activating group) is 1. The zero-order valence-electron chi connectivity index (χ0n) is 15.8. The number of halogens is 2. The molecule has 1 fully saturated rings. The van der Waals surface area contributed by atoms with Crippen LogP contribution < -0.4 is 5.32 Å². The van der Waals surface area contributed by atoms with Crippen molar-refractivity contribution < 1.29 is 31.5 Å². The van der Waals surface area contributed by atoms with Gasteiger partial charge in [0.15, 0.2) is 9.84 Å². The number of carbonyl (C=O) groups excluding carboxylic acids is 2. The number of anilines is 1. The van der Waals surface area contributed by atoms with Crippen LogP contribution in [0.1, 0.15) is 26.7 Å². The monoisotopic (exact) mass is 418 g/mol. The molecule has 156 valence electrons. The number of hydrogen-bond donors (Lipinski definition) is 1.